The topological polar surface area (TPSA) is 97.4 Å². The zero-order valence-corrected chi connectivity index (χ0v) is 16.7. The molecule has 0 aliphatic carbocycles. The number of fused-ring (bicyclic) bond motifs is 1. The van der Waals surface area contributed by atoms with Gasteiger partial charge in [-0.25, -0.2) is 0 Å². The first kappa shape index (κ1) is 19.5. The number of piperazine rings is 1. The molecule has 0 N–H and O–H groups in total. The van der Waals surface area contributed by atoms with Crippen molar-refractivity contribution in [2.75, 3.05) is 26.2 Å². The van der Waals surface area contributed by atoms with Crippen molar-refractivity contribution >= 4 is 11.6 Å². The number of aryl methyl sites for hydroxylation is 2. The molecule has 0 radical (unpaired) electrons. The van der Waals surface area contributed by atoms with E-state index >= 15 is 0 Å². The highest BCUT2D eigenvalue weighted by Crippen LogP contribution is 2.25. The van der Waals surface area contributed by atoms with Gasteiger partial charge in [-0.15, -0.1) is 10.2 Å². The third kappa shape index (κ3) is 4.00. The minimum absolute atomic E-state index is 0.0916. The van der Waals surface area contributed by atoms with Gasteiger partial charge in [0, 0.05) is 44.7 Å². The minimum Gasteiger partial charge on any atom is -0.336 e. The predicted octanol–water partition coefficient (Wildman–Crippen LogP) is 2.18. The van der Waals surface area contributed by atoms with Crippen molar-refractivity contribution in [1.82, 2.24) is 24.6 Å². The van der Waals surface area contributed by atoms with Crippen LogP contribution in [0.5, 0.6) is 0 Å². The molecule has 0 saturated carbocycles. The Morgan fingerprint density at radius 1 is 1.10 bits per heavy atom. The maximum atomic E-state index is 12.9. The first-order chi connectivity index (χ1) is 14.0. The van der Waals surface area contributed by atoms with Crippen LogP contribution in [0.25, 0.3) is 0 Å². The van der Waals surface area contributed by atoms with Gasteiger partial charge in [-0.2, -0.15) is 0 Å². The van der Waals surface area contributed by atoms with Crippen molar-refractivity contribution in [2.45, 2.75) is 45.7 Å². The second-order valence-electron chi connectivity index (χ2n) is 7.79. The van der Waals surface area contributed by atoms with Crippen LogP contribution in [0.4, 0.5) is 5.69 Å². The second kappa shape index (κ2) is 8.28. The van der Waals surface area contributed by atoms with Crippen molar-refractivity contribution in [3.8, 4) is 0 Å². The molecule has 4 rings (SSSR count). The number of aromatic nitrogens is 3. The van der Waals surface area contributed by atoms with Crippen molar-refractivity contribution in [3.63, 3.8) is 0 Å². The van der Waals surface area contributed by atoms with Gasteiger partial charge in [0.25, 0.3) is 11.6 Å². The molecule has 1 aromatic heterocycles. The lowest BCUT2D eigenvalue weighted by Crippen LogP contribution is -2.48. The van der Waals surface area contributed by atoms with E-state index in [4.69, 9.17) is 0 Å². The molecular weight excluding hydrogens is 372 g/mol. The number of hydrogen-bond donors (Lipinski definition) is 0. The lowest BCUT2D eigenvalue weighted by atomic mass is 10.1. The number of carbonyl (C=O) groups is 1. The van der Waals surface area contributed by atoms with Crippen LogP contribution in [0.15, 0.2) is 18.2 Å². The van der Waals surface area contributed by atoms with Crippen LogP contribution >= 0.6 is 0 Å². The largest absolute Gasteiger partial charge is 0.336 e. The van der Waals surface area contributed by atoms with Crippen molar-refractivity contribution in [3.05, 3.63) is 51.1 Å². The van der Waals surface area contributed by atoms with Gasteiger partial charge in [0.2, 0.25) is 0 Å². The first-order valence-electron chi connectivity index (χ1n) is 10.2. The molecule has 2 aliphatic heterocycles. The summed E-state index contributed by atoms with van der Waals surface area (Å²) in [6.45, 7) is 5.89. The summed E-state index contributed by atoms with van der Waals surface area (Å²) in [5, 5.41) is 20.2. The second-order valence-corrected chi connectivity index (χ2v) is 7.79. The van der Waals surface area contributed by atoms with Crippen molar-refractivity contribution in [1.29, 1.82) is 0 Å². The Hall–Kier alpha value is -2.81. The van der Waals surface area contributed by atoms with Crippen LogP contribution in [-0.4, -0.2) is 61.6 Å². The first-order valence-corrected chi connectivity index (χ1v) is 10.2. The predicted molar refractivity (Wildman–Crippen MR) is 107 cm³/mol. The molecule has 0 atom stereocenters. The van der Waals surface area contributed by atoms with E-state index in [1.807, 2.05) is 0 Å². The van der Waals surface area contributed by atoms with Gasteiger partial charge >= 0.3 is 0 Å². The number of nitro benzene ring substituents is 1. The molecule has 2 aliphatic rings. The lowest BCUT2D eigenvalue weighted by molar-refractivity contribution is -0.385. The van der Waals surface area contributed by atoms with E-state index in [0.717, 1.165) is 37.6 Å². The Morgan fingerprint density at radius 3 is 2.66 bits per heavy atom. The van der Waals surface area contributed by atoms with Gasteiger partial charge in [-0.1, -0.05) is 18.6 Å². The zero-order chi connectivity index (χ0) is 20.4. The number of hydrogen-bond acceptors (Lipinski definition) is 6. The van der Waals surface area contributed by atoms with Crippen molar-refractivity contribution in [2.24, 2.45) is 0 Å². The molecular formula is C20H26N6O3. The number of benzene rings is 1. The van der Waals surface area contributed by atoms with Gasteiger partial charge in [-0.3, -0.25) is 19.8 Å². The highest BCUT2D eigenvalue weighted by atomic mass is 16.6. The summed E-state index contributed by atoms with van der Waals surface area (Å²) in [5.41, 5.74) is 0.587. The highest BCUT2D eigenvalue weighted by Gasteiger charge is 2.29. The molecule has 2 aromatic rings. The molecule has 0 bridgehead atoms. The lowest BCUT2D eigenvalue weighted by Gasteiger charge is -2.34. The molecule has 9 nitrogen and oxygen atoms in total. The molecule has 1 aromatic carbocycles. The molecule has 3 heterocycles. The molecule has 29 heavy (non-hydrogen) atoms. The highest BCUT2D eigenvalue weighted by molar-refractivity contribution is 5.98. The van der Waals surface area contributed by atoms with Gasteiger partial charge in [-0.05, 0) is 25.8 Å². The quantitative estimate of drug-likeness (QED) is 0.578. The molecule has 154 valence electrons. The third-order valence-corrected chi connectivity index (χ3v) is 5.86. The Kier molecular flexibility index (Phi) is 5.57. The summed E-state index contributed by atoms with van der Waals surface area (Å²) in [6, 6.07) is 4.91. The SMILES string of the molecule is Cc1cccc(C(=O)N2CCN(Cc3nnc4n3CCCCC4)CC2)c1[N+](=O)[O-]. The van der Waals surface area contributed by atoms with E-state index in [-0.39, 0.29) is 17.2 Å². The van der Waals surface area contributed by atoms with Gasteiger partial charge in [0.15, 0.2) is 0 Å². The van der Waals surface area contributed by atoms with E-state index in [1.54, 1.807) is 30.0 Å². The molecule has 0 spiro atoms. The Bertz CT molecular complexity index is 917. The summed E-state index contributed by atoms with van der Waals surface area (Å²) in [5.74, 6) is 1.81. The van der Waals surface area contributed by atoms with E-state index in [1.165, 1.54) is 12.8 Å². The van der Waals surface area contributed by atoms with Crippen LogP contribution in [0, 0.1) is 17.0 Å². The van der Waals surface area contributed by atoms with Crippen molar-refractivity contribution < 1.29 is 9.72 Å². The third-order valence-electron chi connectivity index (χ3n) is 5.86. The number of amides is 1. The standard InChI is InChI=1S/C20H26N6O3/c1-15-6-5-7-16(19(15)26(28)29)20(27)24-12-10-23(11-13-24)14-18-22-21-17-8-3-2-4-9-25(17)18/h5-7H,2-4,8-14H2,1H3. The van der Waals surface area contributed by atoms with Gasteiger partial charge < -0.3 is 9.47 Å². The zero-order valence-electron chi connectivity index (χ0n) is 16.7. The monoisotopic (exact) mass is 398 g/mol. The molecule has 1 amide bonds. The molecule has 1 fully saturated rings. The fraction of sp³-hybridized carbons (Fsp3) is 0.550. The maximum absolute atomic E-state index is 12.9. The van der Waals surface area contributed by atoms with Crippen LogP contribution in [-0.2, 0) is 19.5 Å². The fourth-order valence-electron chi connectivity index (χ4n) is 4.22. The molecule has 0 unspecified atom stereocenters. The number of para-hydroxylation sites is 1. The van der Waals surface area contributed by atoms with E-state index in [2.05, 4.69) is 19.7 Å². The van der Waals surface area contributed by atoms with E-state index in [9.17, 15) is 14.9 Å². The molecule has 9 heteroatoms. The van der Waals surface area contributed by atoms with Crippen LogP contribution in [0.2, 0.25) is 0 Å². The number of nitro groups is 1. The summed E-state index contributed by atoms with van der Waals surface area (Å²) in [7, 11) is 0. The van der Waals surface area contributed by atoms with E-state index in [0.29, 0.717) is 31.7 Å². The summed E-state index contributed by atoms with van der Waals surface area (Å²) in [4.78, 5) is 27.8. The Balaban J connectivity index is 1.40. The van der Waals surface area contributed by atoms with Crippen LogP contribution in [0.1, 0.15) is 46.8 Å². The number of nitrogens with zero attached hydrogens (tertiary/aromatic N) is 6. The average molecular weight is 398 g/mol. The summed E-state index contributed by atoms with van der Waals surface area (Å²) in [6.07, 6.45) is 4.55. The van der Waals surface area contributed by atoms with Gasteiger partial charge in [0.05, 0.1) is 11.5 Å². The number of carbonyl (C=O) groups excluding carboxylic acids is 1. The normalized spacial score (nSPS) is 17.6. The smallest absolute Gasteiger partial charge is 0.285 e. The molecule has 1 saturated heterocycles. The fourth-order valence-corrected chi connectivity index (χ4v) is 4.22. The Morgan fingerprint density at radius 2 is 1.90 bits per heavy atom. The van der Waals surface area contributed by atoms with Gasteiger partial charge in [0.1, 0.15) is 17.2 Å². The Labute approximate surface area is 169 Å². The van der Waals surface area contributed by atoms with Crippen LogP contribution < -0.4 is 0 Å². The summed E-state index contributed by atoms with van der Waals surface area (Å²) < 4.78 is 2.25. The average Bonchev–Trinajstić information content (AvgIpc) is 2.94. The maximum Gasteiger partial charge on any atom is 0.285 e. The summed E-state index contributed by atoms with van der Waals surface area (Å²) >= 11 is 0. The minimum atomic E-state index is -0.462. The number of rotatable bonds is 4. The van der Waals surface area contributed by atoms with Crippen LogP contribution in [0.3, 0.4) is 0 Å². The van der Waals surface area contributed by atoms with E-state index < -0.39 is 4.92 Å².